The Labute approximate surface area is 171 Å². The van der Waals surface area contributed by atoms with E-state index in [9.17, 15) is 9.00 Å². The lowest BCUT2D eigenvalue weighted by molar-refractivity contribution is 0.0921. The van der Waals surface area contributed by atoms with E-state index in [1.165, 1.54) is 0 Å². The average molecular weight is 418 g/mol. The summed E-state index contributed by atoms with van der Waals surface area (Å²) in [5.74, 6) is 1.81. The van der Waals surface area contributed by atoms with Crippen LogP contribution in [0.1, 0.15) is 27.4 Å². The minimum absolute atomic E-state index is 0.201. The SMILES string of the molecule is COc1ccc(CNC(=O)c2ccc(C[S@@](=O)Cc3ccc(Cl)cc3)o2)cc1. The molecule has 28 heavy (non-hydrogen) atoms. The van der Waals surface area contributed by atoms with Crippen molar-refractivity contribution in [3.05, 3.63) is 88.3 Å². The van der Waals surface area contributed by atoms with Crippen molar-refractivity contribution in [3.63, 3.8) is 0 Å². The van der Waals surface area contributed by atoms with Crippen LogP contribution in [-0.4, -0.2) is 17.2 Å². The van der Waals surface area contributed by atoms with E-state index in [0.717, 1.165) is 16.9 Å². The third-order valence-electron chi connectivity index (χ3n) is 4.04. The van der Waals surface area contributed by atoms with Crippen LogP contribution in [0.5, 0.6) is 5.75 Å². The minimum atomic E-state index is -1.15. The summed E-state index contributed by atoms with van der Waals surface area (Å²) in [5.41, 5.74) is 1.89. The maximum atomic E-state index is 12.3. The Morgan fingerprint density at radius 2 is 1.68 bits per heavy atom. The number of methoxy groups -OCH3 is 1. The molecule has 146 valence electrons. The molecular formula is C21H20ClNO4S. The first-order chi connectivity index (χ1) is 13.5. The second-order valence-electron chi connectivity index (χ2n) is 6.15. The van der Waals surface area contributed by atoms with Gasteiger partial charge in [0.25, 0.3) is 5.91 Å². The van der Waals surface area contributed by atoms with Crippen LogP contribution in [-0.2, 0) is 28.9 Å². The molecule has 3 rings (SSSR count). The van der Waals surface area contributed by atoms with Crippen LogP contribution in [0.3, 0.4) is 0 Å². The summed E-state index contributed by atoms with van der Waals surface area (Å²) < 4.78 is 23.0. The van der Waals surface area contributed by atoms with Gasteiger partial charge < -0.3 is 14.5 Å². The zero-order chi connectivity index (χ0) is 19.9. The summed E-state index contributed by atoms with van der Waals surface area (Å²) in [6.45, 7) is 0.376. The molecule has 0 bridgehead atoms. The fourth-order valence-electron chi connectivity index (χ4n) is 2.57. The van der Waals surface area contributed by atoms with Gasteiger partial charge in [-0.3, -0.25) is 9.00 Å². The number of halogens is 1. The lowest BCUT2D eigenvalue weighted by Gasteiger charge is -2.05. The fourth-order valence-corrected chi connectivity index (χ4v) is 3.83. The lowest BCUT2D eigenvalue weighted by atomic mass is 10.2. The molecule has 1 amide bonds. The fraction of sp³-hybridized carbons (Fsp3) is 0.190. The molecule has 3 aromatic rings. The molecule has 0 radical (unpaired) electrons. The predicted octanol–water partition coefficient (Wildman–Crippen LogP) is 4.32. The van der Waals surface area contributed by atoms with Crippen LogP contribution in [0.2, 0.25) is 5.02 Å². The maximum absolute atomic E-state index is 12.3. The average Bonchev–Trinajstić information content (AvgIpc) is 3.16. The summed E-state index contributed by atoms with van der Waals surface area (Å²) in [7, 11) is 0.459. The summed E-state index contributed by atoms with van der Waals surface area (Å²) >= 11 is 5.85. The van der Waals surface area contributed by atoms with E-state index in [-0.39, 0.29) is 17.4 Å². The topological polar surface area (TPSA) is 68.5 Å². The van der Waals surface area contributed by atoms with Crippen molar-refractivity contribution in [2.24, 2.45) is 0 Å². The van der Waals surface area contributed by atoms with Crippen molar-refractivity contribution < 1.29 is 18.2 Å². The van der Waals surface area contributed by atoms with Gasteiger partial charge in [-0.25, -0.2) is 0 Å². The second kappa shape index (κ2) is 9.57. The van der Waals surface area contributed by atoms with Crippen LogP contribution in [0, 0.1) is 0 Å². The molecule has 7 heteroatoms. The standard InChI is InChI=1S/C21H20ClNO4S/c1-26-18-8-4-15(5-9-18)12-23-21(24)20-11-10-19(27-20)14-28(25)13-16-2-6-17(22)7-3-16/h2-11H,12-14H2,1H3,(H,23,24)/t28-/m0/s1. The van der Waals surface area contributed by atoms with E-state index >= 15 is 0 Å². The van der Waals surface area contributed by atoms with Gasteiger partial charge in [-0.05, 0) is 47.5 Å². The van der Waals surface area contributed by atoms with E-state index in [1.54, 1.807) is 31.4 Å². The van der Waals surface area contributed by atoms with Gasteiger partial charge in [0.05, 0.1) is 12.9 Å². The lowest BCUT2D eigenvalue weighted by Crippen LogP contribution is -2.22. The second-order valence-corrected chi connectivity index (χ2v) is 8.05. The van der Waals surface area contributed by atoms with Crippen molar-refractivity contribution in [2.75, 3.05) is 7.11 Å². The van der Waals surface area contributed by atoms with Crippen molar-refractivity contribution in [1.29, 1.82) is 0 Å². The highest BCUT2D eigenvalue weighted by Crippen LogP contribution is 2.15. The predicted molar refractivity (Wildman–Crippen MR) is 110 cm³/mol. The Balaban J connectivity index is 1.51. The summed E-state index contributed by atoms with van der Waals surface area (Å²) in [5, 5.41) is 3.45. The summed E-state index contributed by atoms with van der Waals surface area (Å²) in [6, 6.07) is 17.9. The zero-order valence-corrected chi connectivity index (χ0v) is 16.9. The minimum Gasteiger partial charge on any atom is -0.497 e. The molecule has 0 saturated heterocycles. The molecule has 0 unspecified atom stereocenters. The van der Waals surface area contributed by atoms with Crippen LogP contribution in [0.25, 0.3) is 0 Å². The number of amides is 1. The number of furan rings is 1. The van der Waals surface area contributed by atoms with Crippen LogP contribution in [0.4, 0.5) is 0 Å². The van der Waals surface area contributed by atoms with Gasteiger partial charge in [-0.15, -0.1) is 0 Å². The van der Waals surface area contributed by atoms with Crippen LogP contribution in [0.15, 0.2) is 65.1 Å². The van der Waals surface area contributed by atoms with E-state index in [2.05, 4.69) is 5.32 Å². The van der Waals surface area contributed by atoms with Gasteiger partial charge in [0.15, 0.2) is 5.76 Å². The van der Waals surface area contributed by atoms with E-state index in [4.69, 9.17) is 20.8 Å². The smallest absolute Gasteiger partial charge is 0.287 e. The molecule has 5 nitrogen and oxygen atoms in total. The van der Waals surface area contributed by atoms with Gasteiger partial charge in [0.1, 0.15) is 11.5 Å². The molecule has 1 heterocycles. The van der Waals surface area contributed by atoms with E-state index in [0.29, 0.717) is 23.1 Å². The van der Waals surface area contributed by atoms with Crippen molar-refractivity contribution in [3.8, 4) is 5.75 Å². The Morgan fingerprint density at radius 3 is 2.36 bits per heavy atom. The first kappa shape index (κ1) is 20.2. The Bertz CT molecular complexity index is 951. The van der Waals surface area contributed by atoms with Gasteiger partial charge >= 0.3 is 0 Å². The number of hydrogen-bond donors (Lipinski definition) is 1. The largest absolute Gasteiger partial charge is 0.497 e. The van der Waals surface area contributed by atoms with Gasteiger partial charge in [-0.1, -0.05) is 35.9 Å². The molecule has 0 aliphatic rings. The monoisotopic (exact) mass is 417 g/mol. The van der Waals surface area contributed by atoms with Crippen LogP contribution < -0.4 is 10.1 Å². The number of hydrogen-bond acceptors (Lipinski definition) is 4. The Morgan fingerprint density at radius 1 is 1.00 bits per heavy atom. The highest BCUT2D eigenvalue weighted by Gasteiger charge is 2.13. The number of carbonyl (C=O) groups excluding carboxylic acids is 1. The normalized spacial score (nSPS) is 11.8. The molecule has 2 aromatic carbocycles. The quantitative estimate of drug-likeness (QED) is 0.592. The maximum Gasteiger partial charge on any atom is 0.287 e. The molecule has 0 fully saturated rings. The van der Waals surface area contributed by atoms with Crippen LogP contribution >= 0.6 is 11.6 Å². The molecule has 1 aromatic heterocycles. The number of ether oxygens (including phenoxy) is 1. The van der Waals surface area contributed by atoms with Crippen molar-refractivity contribution in [2.45, 2.75) is 18.1 Å². The number of rotatable bonds is 8. The number of benzene rings is 2. The molecular weight excluding hydrogens is 398 g/mol. The Kier molecular flexibility index (Phi) is 6.90. The van der Waals surface area contributed by atoms with E-state index in [1.807, 2.05) is 36.4 Å². The zero-order valence-electron chi connectivity index (χ0n) is 15.3. The van der Waals surface area contributed by atoms with Gasteiger partial charge in [0.2, 0.25) is 0 Å². The van der Waals surface area contributed by atoms with Crippen molar-refractivity contribution in [1.82, 2.24) is 5.32 Å². The van der Waals surface area contributed by atoms with Gasteiger partial charge in [-0.2, -0.15) is 0 Å². The summed E-state index contributed by atoms with van der Waals surface area (Å²) in [6.07, 6.45) is 0. The molecule has 0 saturated carbocycles. The highest BCUT2D eigenvalue weighted by atomic mass is 35.5. The Hall–Kier alpha value is -2.57. The first-order valence-corrected chi connectivity index (χ1v) is 10.5. The third-order valence-corrected chi connectivity index (χ3v) is 5.56. The molecule has 0 aliphatic carbocycles. The molecule has 0 aliphatic heterocycles. The highest BCUT2D eigenvalue weighted by molar-refractivity contribution is 7.83. The molecule has 1 N–H and O–H groups in total. The summed E-state index contributed by atoms with van der Waals surface area (Å²) in [4.78, 5) is 12.2. The molecule has 0 spiro atoms. The first-order valence-electron chi connectivity index (χ1n) is 8.63. The number of nitrogens with one attached hydrogen (secondary N) is 1. The molecule has 1 atom stereocenters. The van der Waals surface area contributed by atoms with Gasteiger partial charge in [0, 0.05) is 28.1 Å². The number of carbonyl (C=O) groups is 1. The van der Waals surface area contributed by atoms with E-state index < -0.39 is 10.8 Å². The van der Waals surface area contributed by atoms with Crippen molar-refractivity contribution >= 4 is 28.3 Å². The third kappa shape index (κ3) is 5.71.